The van der Waals surface area contributed by atoms with Gasteiger partial charge in [-0.3, -0.25) is 4.98 Å². The quantitative estimate of drug-likeness (QED) is 0.823. The monoisotopic (exact) mass is 201 g/mol. The summed E-state index contributed by atoms with van der Waals surface area (Å²) in [6.45, 7) is 3.60. The Morgan fingerprint density at radius 2 is 2.20 bits per heavy atom. The molecule has 0 fully saturated rings. The van der Waals surface area contributed by atoms with Gasteiger partial charge in [0.15, 0.2) is 0 Å². The van der Waals surface area contributed by atoms with Crippen molar-refractivity contribution in [3.63, 3.8) is 0 Å². The highest BCUT2D eigenvalue weighted by Gasteiger charge is 2.05. The molecular formula is C12H15N3. The number of hydrogen-bond donors (Lipinski definition) is 1. The van der Waals surface area contributed by atoms with Crippen LogP contribution in [0.5, 0.6) is 0 Å². The molecule has 2 heterocycles. The summed E-state index contributed by atoms with van der Waals surface area (Å²) in [5, 5.41) is 0. The third kappa shape index (κ3) is 1.92. The molecule has 0 spiro atoms. The Morgan fingerprint density at radius 1 is 1.33 bits per heavy atom. The molecule has 0 saturated carbocycles. The molecule has 3 heteroatoms. The number of rotatable bonds is 3. The fourth-order valence-electron chi connectivity index (χ4n) is 1.76. The minimum Gasteiger partial charge on any atom is -0.344 e. The van der Waals surface area contributed by atoms with Crippen molar-refractivity contribution in [2.24, 2.45) is 5.73 Å². The molecule has 0 radical (unpaired) electrons. The van der Waals surface area contributed by atoms with Crippen LogP contribution in [0, 0.1) is 6.92 Å². The summed E-state index contributed by atoms with van der Waals surface area (Å²) in [6.07, 6.45) is 3.66. The van der Waals surface area contributed by atoms with E-state index in [2.05, 4.69) is 34.7 Å². The van der Waals surface area contributed by atoms with Gasteiger partial charge in [0.25, 0.3) is 0 Å². The van der Waals surface area contributed by atoms with Gasteiger partial charge in [-0.15, -0.1) is 0 Å². The smallest absolute Gasteiger partial charge is 0.0498 e. The van der Waals surface area contributed by atoms with Crippen LogP contribution in [-0.4, -0.2) is 16.1 Å². The lowest BCUT2D eigenvalue weighted by molar-refractivity contribution is 0.700. The number of aryl methyl sites for hydroxylation is 1. The SMILES string of the molecule is Cc1ccc(-c2cccnc2)n1CCN. The van der Waals surface area contributed by atoms with Crippen molar-refractivity contribution >= 4 is 0 Å². The summed E-state index contributed by atoms with van der Waals surface area (Å²) >= 11 is 0. The van der Waals surface area contributed by atoms with Gasteiger partial charge in [-0.2, -0.15) is 0 Å². The zero-order valence-electron chi connectivity index (χ0n) is 8.85. The van der Waals surface area contributed by atoms with Gasteiger partial charge in [0.2, 0.25) is 0 Å². The van der Waals surface area contributed by atoms with Crippen molar-refractivity contribution in [2.45, 2.75) is 13.5 Å². The lowest BCUT2D eigenvalue weighted by Crippen LogP contribution is -2.11. The van der Waals surface area contributed by atoms with Crippen molar-refractivity contribution in [1.82, 2.24) is 9.55 Å². The largest absolute Gasteiger partial charge is 0.344 e. The van der Waals surface area contributed by atoms with Crippen LogP contribution in [0.25, 0.3) is 11.3 Å². The van der Waals surface area contributed by atoms with Gasteiger partial charge in [0.05, 0.1) is 0 Å². The van der Waals surface area contributed by atoms with Crippen molar-refractivity contribution in [1.29, 1.82) is 0 Å². The normalized spacial score (nSPS) is 10.5. The molecule has 0 aliphatic rings. The Hall–Kier alpha value is -1.61. The van der Waals surface area contributed by atoms with Gasteiger partial charge in [-0.1, -0.05) is 0 Å². The van der Waals surface area contributed by atoms with Crippen LogP contribution in [0.15, 0.2) is 36.7 Å². The van der Waals surface area contributed by atoms with E-state index in [1.165, 1.54) is 11.4 Å². The van der Waals surface area contributed by atoms with Crippen LogP contribution in [0.3, 0.4) is 0 Å². The maximum Gasteiger partial charge on any atom is 0.0498 e. The molecule has 0 unspecified atom stereocenters. The van der Waals surface area contributed by atoms with Crippen LogP contribution in [0.4, 0.5) is 0 Å². The first-order valence-electron chi connectivity index (χ1n) is 5.09. The van der Waals surface area contributed by atoms with Crippen molar-refractivity contribution in [3.8, 4) is 11.3 Å². The van der Waals surface area contributed by atoms with E-state index in [0.29, 0.717) is 6.54 Å². The second-order valence-corrected chi connectivity index (χ2v) is 3.54. The first-order valence-corrected chi connectivity index (χ1v) is 5.09. The number of nitrogens with zero attached hydrogens (tertiary/aromatic N) is 2. The third-order valence-corrected chi connectivity index (χ3v) is 2.51. The number of hydrogen-bond acceptors (Lipinski definition) is 2. The maximum atomic E-state index is 5.60. The van der Waals surface area contributed by atoms with E-state index in [9.17, 15) is 0 Å². The van der Waals surface area contributed by atoms with Crippen LogP contribution in [0.2, 0.25) is 0 Å². The highest BCUT2D eigenvalue weighted by Crippen LogP contribution is 2.20. The van der Waals surface area contributed by atoms with E-state index in [1.807, 2.05) is 12.3 Å². The molecule has 2 N–H and O–H groups in total. The molecule has 0 saturated heterocycles. The van der Waals surface area contributed by atoms with E-state index in [4.69, 9.17) is 5.73 Å². The molecule has 78 valence electrons. The Balaban J connectivity index is 2.44. The van der Waals surface area contributed by atoms with E-state index < -0.39 is 0 Å². The van der Waals surface area contributed by atoms with Crippen LogP contribution >= 0.6 is 0 Å². The lowest BCUT2D eigenvalue weighted by Gasteiger charge is -2.09. The summed E-state index contributed by atoms with van der Waals surface area (Å²) in [4.78, 5) is 4.13. The Morgan fingerprint density at radius 3 is 2.87 bits per heavy atom. The summed E-state index contributed by atoms with van der Waals surface area (Å²) in [7, 11) is 0. The van der Waals surface area contributed by atoms with E-state index >= 15 is 0 Å². The van der Waals surface area contributed by atoms with Crippen molar-refractivity contribution in [2.75, 3.05) is 6.54 Å². The first kappa shape index (κ1) is 9.93. The average Bonchev–Trinajstić information content (AvgIpc) is 2.63. The lowest BCUT2D eigenvalue weighted by atomic mass is 10.2. The molecule has 0 aliphatic carbocycles. The minimum atomic E-state index is 0.656. The molecule has 0 amide bonds. The second-order valence-electron chi connectivity index (χ2n) is 3.54. The first-order chi connectivity index (χ1) is 7.33. The topological polar surface area (TPSA) is 43.8 Å². The molecule has 2 rings (SSSR count). The summed E-state index contributed by atoms with van der Waals surface area (Å²) in [6, 6.07) is 8.24. The van der Waals surface area contributed by atoms with E-state index in [0.717, 1.165) is 12.1 Å². The van der Waals surface area contributed by atoms with Crippen LogP contribution in [-0.2, 0) is 6.54 Å². The number of aromatic nitrogens is 2. The number of nitrogens with two attached hydrogens (primary N) is 1. The summed E-state index contributed by atoms with van der Waals surface area (Å²) < 4.78 is 2.22. The zero-order valence-corrected chi connectivity index (χ0v) is 8.85. The Labute approximate surface area is 89.6 Å². The maximum absolute atomic E-state index is 5.60. The molecule has 0 aromatic carbocycles. The van der Waals surface area contributed by atoms with Gasteiger partial charge in [-0.25, -0.2) is 0 Å². The van der Waals surface area contributed by atoms with Gasteiger partial charge in [0, 0.05) is 42.4 Å². The molecular weight excluding hydrogens is 186 g/mol. The van der Waals surface area contributed by atoms with Crippen molar-refractivity contribution in [3.05, 3.63) is 42.4 Å². The minimum absolute atomic E-state index is 0.656. The van der Waals surface area contributed by atoms with E-state index in [1.54, 1.807) is 6.20 Å². The van der Waals surface area contributed by atoms with Gasteiger partial charge in [-0.05, 0) is 31.2 Å². The molecule has 2 aromatic heterocycles. The van der Waals surface area contributed by atoms with Gasteiger partial charge < -0.3 is 10.3 Å². The molecule has 0 atom stereocenters. The fraction of sp³-hybridized carbons (Fsp3) is 0.250. The molecule has 2 aromatic rings. The predicted octanol–water partition coefficient (Wildman–Crippen LogP) is 1.82. The number of pyridine rings is 1. The van der Waals surface area contributed by atoms with E-state index in [-0.39, 0.29) is 0 Å². The Bertz CT molecular complexity index is 431. The van der Waals surface area contributed by atoms with Gasteiger partial charge >= 0.3 is 0 Å². The molecule has 0 bridgehead atoms. The van der Waals surface area contributed by atoms with Crippen LogP contribution in [0.1, 0.15) is 5.69 Å². The molecule has 0 aliphatic heterocycles. The summed E-state index contributed by atoms with van der Waals surface area (Å²) in [5.74, 6) is 0. The van der Waals surface area contributed by atoms with Gasteiger partial charge in [0.1, 0.15) is 0 Å². The average molecular weight is 201 g/mol. The standard InChI is InChI=1S/C12H15N3/c1-10-4-5-12(15(10)8-6-13)11-3-2-7-14-9-11/h2-5,7,9H,6,8,13H2,1H3. The van der Waals surface area contributed by atoms with Crippen LogP contribution < -0.4 is 5.73 Å². The third-order valence-electron chi connectivity index (χ3n) is 2.51. The highest BCUT2D eigenvalue weighted by molar-refractivity contribution is 5.59. The predicted molar refractivity (Wildman–Crippen MR) is 61.5 cm³/mol. The second kappa shape index (κ2) is 4.28. The van der Waals surface area contributed by atoms with Crippen molar-refractivity contribution < 1.29 is 0 Å². The summed E-state index contributed by atoms with van der Waals surface area (Å²) in [5.41, 5.74) is 9.16. The zero-order chi connectivity index (χ0) is 10.7. The molecule has 3 nitrogen and oxygen atoms in total. The molecule has 15 heavy (non-hydrogen) atoms. The Kier molecular flexibility index (Phi) is 2.83. The highest BCUT2D eigenvalue weighted by atomic mass is 15.0. The fourth-order valence-corrected chi connectivity index (χ4v) is 1.76.